The highest BCUT2D eigenvalue weighted by Crippen LogP contribution is 2.04. The van der Waals surface area contributed by atoms with Crippen LogP contribution in [0, 0.1) is 0 Å². The van der Waals surface area contributed by atoms with Crippen LogP contribution in [0.3, 0.4) is 0 Å². The van der Waals surface area contributed by atoms with Gasteiger partial charge in [-0.15, -0.1) is 0 Å². The van der Waals surface area contributed by atoms with E-state index in [-0.39, 0.29) is 24.4 Å². The van der Waals surface area contributed by atoms with Crippen LogP contribution in [0.4, 0.5) is 0 Å². The van der Waals surface area contributed by atoms with Crippen molar-refractivity contribution in [2.24, 2.45) is 4.99 Å². The smallest absolute Gasteiger partial charge is 0.243 e. The van der Waals surface area contributed by atoms with Gasteiger partial charge >= 0.3 is 0 Å². The quantitative estimate of drug-likeness (QED) is 0.566. The summed E-state index contributed by atoms with van der Waals surface area (Å²) in [6.07, 6.45) is 0. The van der Waals surface area contributed by atoms with Crippen LogP contribution < -0.4 is 5.32 Å². The Hall–Kier alpha value is -1.79. The second-order valence-corrected chi connectivity index (χ2v) is 5.62. The first kappa shape index (κ1) is 17.3. The molecular weight excluding hydrogens is 270 g/mol. The summed E-state index contributed by atoms with van der Waals surface area (Å²) >= 11 is 0. The maximum absolute atomic E-state index is 12.0. The Kier molecular flexibility index (Phi) is 6.45. The summed E-state index contributed by atoms with van der Waals surface area (Å²) in [6.45, 7) is 8.54. The maximum Gasteiger partial charge on any atom is 0.243 e. The molecule has 0 unspecified atom stereocenters. The first-order valence-electron chi connectivity index (χ1n) is 7.39. The van der Waals surface area contributed by atoms with E-state index in [0.29, 0.717) is 19.0 Å². The summed E-state index contributed by atoms with van der Waals surface area (Å²) in [5.41, 5.74) is 0. The van der Waals surface area contributed by atoms with Crippen molar-refractivity contribution in [3.8, 4) is 0 Å². The Morgan fingerprint density at radius 3 is 2.52 bits per heavy atom. The highest BCUT2D eigenvalue weighted by molar-refractivity contribution is 5.89. The molecule has 0 spiro atoms. The number of piperazine rings is 1. The summed E-state index contributed by atoms with van der Waals surface area (Å²) in [7, 11) is 3.41. The van der Waals surface area contributed by atoms with E-state index >= 15 is 0 Å². The van der Waals surface area contributed by atoms with Crippen molar-refractivity contribution >= 4 is 17.8 Å². The lowest BCUT2D eigenvalue weighted by Gasteiger charge is -2.36. The van der Waals surface area contributed by atoms with Gasteiger partial charge in [-0.3, -0.25) is 9.59 Å². The van der Waals surface area contributed by atoms with Crippen LogP contribution in [0.15, 0.2) is 4.99 Å². The molecule has 0 radical (unpaired) electrons. The van der Waals surface area contributed by atoms with Crippen LogP contribution in [-0.4, -0.2) is 85.3 Å². The number of likely N-dealkylation sites (N-methyl/N-ethyl adjacent to an activating group) is 2. The topological polar surface area (TPSA) is 68.2 Å². The van der Waals surface area contributed by atoms with Gasteiger partial charge in [-0.2, -0.15) is 0 Å². The number of rotatable bonds is 4. The summed E-state index contributed by atoms with van der Waals surface area (Å²) in [5.74, 6) is 0.668. The van der Waals surface area contributed by atoms with E-state index in [2.05, 4.69) is 10.3 Å². The van der Waals surface area contributed by atoms with Crippen molar-refractivity contribution in [2.45, 2.75) is 26.8 Å². The maximum atomic E-state index is 12.0. The fourth-order valence-corrected chi connectivity index (χ4v) is 2.00. The molecule has 0 aromatic heterocycles. The monoisotopic (exact) mass is 297 g/mol. The standard InChI is InChI=1S/C14H27N5O2/c1-6-18-7-8-19(10-13(18)21)14(16-11(2)3)15-9-12(20)17(4)5/h11H,6-10H2,1-5H3,(H,15,16). The van der Waals surface area contributed by atoms with Crippen molar-refractivity contribution in [2.75, 3.05) is 46.8 Å². The van der Waals surface area contributed by atoms with Gasteiger partial charge in [-0.05, 0) is 20.8 Å². The molecule has 0 aromatic carbocycles. The lowest BCUT2D eigenvalue weighted by Crippen LogP contribution is -2.56. The van der Waals surface area contributed by atoms with Crippen molar-refractivity contribution in [1.29, 1.82) is 0 Å². The zero-order valence-corrected chi connectivity index (χ0v) is 13.7. The molecule has 1 saturated heterocycles. The molecule has 0 aromatic rings. The van der Waals surface area contributed by atoms with Gasteiger partial charge in [0.15, 0.2) is 5.96 Å². The minimum atomic E-state index is -0.0587. The van der Waals surface area contributed by atoms with Crippen LogP contribution in [-0.2, 0) is 9.59 Å². The number of hydrogen-bond donors (Lipinski definition) is 1. The minimum absolute atomic E-state index is 0.0587. The van der Waals surface area contributed by atoms with Crippen LogP contribution in [0.2, 0.25) is 0 Å². The predicted octanol–water partition coefficient (Wildman–Crippen LogP) is -0.407. The fourth-order valence-electron chi connectivity index (χ4n) is 2.00. The van der Waals surface area contributed by atoms with E-state index in [4.69, 9.17) is 0 Å². The number of carbonyl (C=O) groups excluding carboxylic acids is 2. The number of nitrogens with zero attached hydrogens (tertiary/aromatic N) is 4. The van der Waals surface area contributed by atoms with E-state index < -0.39 is 0 Å². The molecule has 0 atom stereocenters. The third-order valence-electron chi connectivity index (χ3n) is 3.28. The molecule has 1 aliphatic rings. The second kappa shape index (κ2) is 7.85. The van der Waals surface area contributed by atoms with Crippen molar-refractivity contribution in [3.63, 3.8) is 0 Å². The Labute approximate surface area is 127 Å². The van der Waals surface area contributed by atoms with E-state index in [9.17, 15) is 9.59 Å². The van der Waals surface area contributed by atoms with Crippen LogP contribution in [0.5, 0.6) is 0 Å². The van der Waals surface area contributed by atoms with E-state index in [1.807, 2.05) is 30.6 Å². The van der Waals surface area contributed by atoms with E-state index in [0.717, 1.165) is 13.1 Å². The molecule has 1 aliphatic heterocycles. The molecule has 0 aliphatic carbocycles. The SMILES string of the molecule is CCN1CCN(C(=NCC(=O)N(C)C)NC(C)C)CC1=O. The Morgan fingerprint density at radius 2 is 2.05 bits per heavy atom. The van der Waals surface area contributed by atoms with Gasteiger partial charge in [-0.1, -0.05) is 0 Å². The molecule has 0 saturated carbocycles. The highest BCUT2D eigenvalue weighted by atomic mass is 16.2. The number of aliphatic imine (C=N–C) groups is 1. The molecule has 7 heteroatoms. The van der Waals surface area contributed by atoms with Crippen molar-refractivity contribution in [3.05, 3.63) is 0 Å². The highest BCUT2D eigenvalue weighted by Gasteiger charge is 2.25. The van der Waals surface area contributed by atoms with Gasteiger partial charge in [0.2, 0.25) is 11.8 Å². The third kappa shape index (κ3) is 5.24. The largest absolute Gasteiger partial charge is 0.354 e. The average molecular weight is 297 g/mol. The number of guanidine groups is 1. The second-order valence-electron chi connectivity index (χ2n) is 5.62. The lowest BCUT2D eigenvalue weighted by atomic mass is 10.3. The number of hydrogen-bond acceptors (Lipinski definition) is 3. The first-order chi connectivity index (χ1) is 9.85. The van der Waals surface area contributed by atoms with Gasteiger partial charge in [0.05, 0.1) is 6.54 Å². The molecule has 1 rings (SSSR count). The Morgan fingerprint density at radius 1 is 1.38 bits per heavy atom. The van der Waals surface area contributed by atoms with Gasteiger partial charge in [0.1, 0.15) is 6.54 Å². The zero-order valence-electron chi connectivity index (χ0n) is 13.7. The van der Waals surface area contributed by atoms with Gasteiger partial charge < -0.3 is 20.0 Å². The Bertz CT molecular complexity index is 406. The lowest BCUT2D eigenvalue weighted by molar-refractivity contribution is -0.134. The fraction of sp³-hybridized carbons (Fsp3) is 0.786. The summed E-state index contributed by atoms with van der Waals surface area (Å²) in [5, 5.41) is 3.23. The summed E-state index contributed by atoms with van der Waals surface area (Å²) in [4.78, 5) is 33.3. The van der Waals surface area contributed by atoms with Gasteiger partial charge in [-0.25, -0.2) is 4.99 Å². The third-order valence-corrected chi connectivity index (χ3v) is 3.28. The molecule has 0 bridgehead atoms. The summed E-state index contributed by atoms with van der Waals surface area (Å²) < 4.78 is 0. The van der Waals surface area contributed by atoms with Crippen LogP contribution >= 0.6 is 0 Å². The normalized spacial score (nSPS) is 16.5. The first-order valence-corrected chi connectivity index (χ1v) is 7.39. The molecular formula is C14H27N5O2. The average Bonchev–Trinajstić information content (AvgIpc) is 2.42. The van der Waals surface area contributed by atoms with Gasteiger partial charge in [0.25, 0.3) is 0 Å². The molecule has 1 N–H and O–H groups in total. The molecule has 1 heterocycles. The minimum Gasteiger partial charge on any atom is -0.354 e. The van der Waals surface area contributed by atoms with Crippen LogP contribution in [0.25, 0.3) is 0 Å². The van der Waals surface area contributed by atoms with Crippen molar-refractivity contribution in [1.82, 2.24) is 20.0 Å². The molecule has 7 nitrogen and oxygen atoms in total. The van der Waals surface area contributed by atoms with Gasteiger partial charge in [0, 0.05) is 39.8 Å². The van der Waals surface area contributed by atoms with E-state index in [1.54, 1.807) is 14.1 Å². The van der Waals surface area contributed by atoms with E-state index in [1.165, 1.54) is 4.90 Å². The number of carbonyl (C=O) groups is 2. The molecule has 2 amide bonds. The molecule has 1 fully saturated rings. The van der Waals surface area contributed by atoms with Crippen LogP contribution in [0.1, 0.15) is 20.8 Å². The molecule has 21 heavy (non-hydrogen) atoms. The van der Waals surface area contributed by atoms with Crippen molar-refractivity contribution < 1.29 is 9.59 Å². The summed E-state index contributed by atoms with van der Waals surface area (Å²) in [6, 6.07) is 0.192. The predicted molar refractivity (Wildman–Crippen MR) is 83.1 cm³/mol. The number of nitrogens with one attached hydrogen (secondary N) is 1. The Balaban J connectivity index is 2.76. The molecule has 120 valence electrons. The number of amides is 2. The zero-order chi connectivity index (χ0) is 16.0.